The molecule has 2 atom stereocenters. The lowest BCUT2D eigenvalue weighted by atomic mass is 9.80. The number of amides is 1. The highest BCUT2D eigenvalue weighted by atomic mass is 16.6. The van der Waals surface area contributed by atoms with Crippen LogP contribution < -0.4 is 4.74 Å². The van der Waals surface area contributed by atoms with Gasteiger partial charge in [-0.25, -0.2) is 4.79 Å². The fourth-order valence-corrected chi connectivity index (χ4v) is 6.61. The summed E-state index contributed by atoms with van der Waals surface area (Å²) in [5.41, 5.74) is 4.54. The quantitative estimate of drug-likeness (QED) is 0.440. The second-order valence-electron chi connectivity index (χ2n) is 11.8. The van der Waals surface area contributed by atoms with Gasteiger partial charge in [-0.2, -0.15) is 0 Å². The minimum Gasteiger partial charge on any atom is -0.488 e. The molecule has 2 bridgehead atoms. The minimum absolute atomic E-state index is 0.0232. The van der Waals surface area contributed by atoms with E-state index in [1.54, 1.807) is 0 Å². The maximum atomic E-state index is 13.4. The molecule has 1 aliphatic carbocycles. The van der Waals surface area contributed by atoms with Gasteiger partial charge in [0, 0.05) is 30.8 Å². The van der Waals surface area contributed by atoms with Crippen LogP contribution in [-0.4, -0.2) is 40.4 Å². The van der Waals surface area contributed by atoms with E-state index in [4.69, 9.17) is 9.47 Å². The lowest BCUT2D eigenvalue weighted by molar-refractivity contribution is -0.0531. The summed E-state index contributed by atoms with van der Waals surface area (Å²) in [6.07, 6.45) is 2.57. The number of carbonyl (C=O) groups excluding carboxylic acids is 1. The number of carbonyl (C=O) groups is 1. The number of rotatable bonds is 4. The summed E-state index contributed by atoms with van der Waals surface area (Å²) in [5.74, 6) is 0.837. The molecule has 1 N–H and O–H groups in total. The molecule has 3 aromatic rings. The Kier molecular flexibility index (Phi) is 5.79. The largest absolute Gasteiger partial charge is 0.488 e. The summed E-state index contributed by atoms with van der Waals surface area (Å²) in [6.45, 7) is 6.38. The molecule has 0 spiro atoms. The number of nitrogens with zero attached hydrogens (tertiary/aromatic N) is 1. The molecule has 3 aliphatic rings. The van der Waals surface area contributed by atoms with Crippen LogP contribution in [0.2, 0.25) is 0 Å². The second kappa shape index (κ2) is 8.91. The molecule has 192 valence electrons. The van der Waals surface area contributed by atoms with Crippen LogP contribution in [0.25, 0.3) is 11.1 Å². The van der Waals surface area contributed by atoms with Crippen molar-refractivity contribution in [3.63, 3.8) is 0 Å². The van der Waals surface area contributed by atoms with Gasteiger partial charge in [-0.3, -0.25) is 0 Å². The van der Waals surface area contributed by atoms with Crippen molar-refractivity contribution in [1.29, 1.82) is 0 Å². The number of benzene rings is 3. The molecule has 2 saturated heterocycles. The van der Waals surface area contributed by atoms with Crippen molar-refractivity contribution in [3.05, 3.63) is 89.5 Å². The zero-order valence-corrected chi connectivity index (χ0v) is 21.8. The van der Waals surface area contributed by atoms with Crippen LogP contribution >= 0.6 is 0 Å². The van der Waals surface area contributed by atoms with E-state index in [2.05, 4.69) is 36.4 Å². The van der Waals surface area contributed by atoms with E-state index in [1.165, 1.54) is 22.3 Å². The predicted molar refractivity (Wildman–Crippen MR) is 144 cm³/mol. The lowest BCUT2D eigenvalue weighted by Crippen LogP contribution is -2.52. The highest BCUT2D eigenvalue weighted by molar-refractivity contribution is 5.79. The van der Waals surface area contributed by atoms with E-state index in [-0.39, 0.29) is 29.7 Å². The number of hydrogen-bond donors (Lipinski definition) is 1. The molecule has 1 amide bonds. The molecule has 2 aliphatic heterocycles. The summed E-state index contributed by atoms with van der Waals surface area (Å²) in [6, 6.07) is 24.5. The Bertz CT molecular complexity index is 1250. The van der Waals surface area contributed by atoms with Gasteiger partial charge in [0.2, 0.25) is 0 Å². The molecule has 5 nitrogen and oxygen atoms in total. The van der Waals surface area contributed by atoms with Gasteiger partial charge in [0.25, 0.3) is 0 Å². The van der Waals surface area contributed by atoms with Crippen molar-refractivity contribution in [2.24, 2.45) is 0 Å². The Hall–Kier alpha value is -3.31. The molecule has 3 aromatic carbocycles. The summed E-state index contributed by atoms with van der Waals surface area (Å²) in [4.78, 5) is 15.3. The molecule has 0 saturated carbocycles. The van der Waals surface area contributed by atoms with Crippen LogP contribution in [0.4, 0.5) is 4.79 Å². The predicted octanol–water partition coefficient (Wildman–Crippen LogP) is 6.63. The second-order valence-corrected chi connectivity index (χ2v) is 11.8. The summed E-state index contributed by atoms with van der Waals surface area (Å²) in [5, 5.41) is 11.6. The number of fused-ring (bicyclic) bond motifs is 5. The molecular weight excluding hydrogens is 462 g/mol. The van der Waals surface area contributed by atoms with Crippen molar-refractivity contribution in [2.45, 2.75) is 75.7 Å². The monoisotopic (exact) mass is 497 g/mol. The Balaban J connectivity index is 1.14. The van der Waals surface area contributed by atoms with Gasteiger partial charge in [0.05, 0.1) is 5.60 Å². The molecule has 2 unspecified atom stereocenters. The normalized spacial score (nSPS) is 24.5. The molecule has 37 heavy (non-hydrogen) atoms. The summed E-state index contributed by atoms with van der Waals surface area (Å²) >= 11 is 0. The van der Waals surface area contributed by atoms with Crippen molar-refractivity contribution >= 4 is 6.09 Å². The van der Waals surface area contributed by atoms with Gasteiger partial charge in [-0.15, -0.1) is 0 Å². The van der Waals surface area contributed by atoms with E-state index in [1.807, 2.05) is 62.1 Å². The third-order valence-electron chi connectivity index (χ3n) is 8.13. The molecular formula is C32H35NO4. The van der Waals surface area contributed by atoms with Crippen molar-refractivity contribution < 1.29 is 19.4 Å². The fraction of sp³-hybridized carbons (Fsp3) is 0.406. The van der Waals surface area contributed by atoms with Crippen molar-refractivity contribution in [1.82, 2.24) is 4.90 Å². The summed E-state index contributed by atoms with van der Waals surface area (Å²) in [7, 11) is 0. The van der Waals surface area contributed by atoms with Crippen LogP contribution in [0, 0.1) is 0 Å². The standard InChI is InChI=1S/C32H35NO4/c1-31(2,3)37-24-16-12-21(13-17-24)32(35)18-22-14-15-23(19-32)33(22)30(34)36-20-29-27-10-6-4-8-25(27)26-9-5-7-11-28(26)29/h4-13,16-17,22-23,29,35H,14-15,18-20H2,1-3H3. The van der Waals surface area contributed by atoms with Crippen molar-refractivity contribution in [2.75, 3.05) is 6.61 Å². The highest BCUT2D eigenvalue weighted by Gasteiger charge is 2.50. The smallest absolute Gasteiger partial charge is 0.410 e. The molecule has 0 radical (unpaired) electrons. The molecule has 2 heterocycles. The van der Waals surface area contributed by atoms with E-state index in [0.29, 0.717) is 19.4 Å². The Labute approximate surface area is 219 Å². The third kappa shape index (κ3) is 4.40. The van der Waals surface area contributed by atoms with E-state index >= 15 is 0 Å². The van der Waals surface area contributed by atoms with Gasteiger partial charge in [-0.1, -0.05) is 60.7 Å². The van der Waals surface area contributed by atoms with Gasteiger partial charge >= 0.3 is 6.09 Å². The van der Waals surface area contributed by atoms with Crippen LogP contribution in [0.3, 0.4) is 0 Å². The topological polar surface area (TPSA) is 59.0 Å². The highest BCUT2D eigenvalue weighted by Crippen LogP contribution is 2.47. The Morgan fingerprint density at radius 2 is 1.43 bits per heavy atom. The fourth-order valence-electron chi connectivity index (χ4n) is 6.61. The number of ether oxygens (including phenoxy) is 2. The van der Waals surface area contributed by atoms with Crippen LogP contribution in [-0.2, 0) is 10.3 Å². The van der Waals surface area contributed by atoms with E-state index < -0.39 is 5.60 Å². The first-order valence-electron chi connectivity index (χ1n) is 13.4. The van der Waals surface area contributed by atoms with E-state index in [0.717, 1.165) is 24.2 Å². The number of aliphatic hydroxyl groups is 1. The van der Waals surface area contributed by atoms with Gasteiger partial charge in [0.15, 0.2) is 0 Å². The summed E-state index contributed by atoms with van der Waals surface area (Å²) < 4.78 is 11.9. The zero-order valence-electron chi connectivity index (χ0n) is 21.8. The maximum absolute atomic E-state index is 13.4. The van der Waals surface area contributed by atoms with Crippen LogP contribution in [0.15, 0.2) is 72.8 Å². The van der Waals surface area contributed by atoms with Crippen molar-refractivity contribution in [3.8, 4) is 16.9 Å². The third-order valence-corrected chi connectivity index (χ3v) is 8.13. The number of piperidine rings is 1. The SMILES string of the molecule is CC(C)(C)Oc1ccc(C2(O)CC3CCC(C2)N3C(=O)OCC2c3ccccc3-c3ccccc32)cc1. The Morgan fingerprint density at radius 3 is 1.97 bits per heavy atom. The molecule has 2 fully saturated rings. The van der Waals surface area contributed by atoms with Gasteiger partial charge in [-0.05, 0) is 73.6 Å². The first-order valence-corrected chi connectivity index (χ1v) is 13.4. The molecule has 6 rings (SSSR count). The van der Waals surface area contributed by atoms with Gasteiger partial charge in [0.1, 0.15) is 18.0 Å². The minimum atomic E-state index is -0.952. The van der Waals surface area contributed by atoms with E-state index in [9.17, 15) is 9.90 Å². The average Bonchev–Trinajstić information content (AvgIpc) is 3.34. The average molecular weight is 498 g/mol. The lowest BCUT2D eigenvalue weighted by Gasteiger charge is -2.43. The first kappa shape index (κ1) is 24.1. The van der Waals surface area contributed by atoms with Crippen LogP contribution in [0.5, 0.6) is 5.75 Å². The zero-order chi connectivity index (χ0) is 25.8. The molecule has 0 aromatic heterocycles. The van der Waals surface area contributed by atoms with Gasteiger partial charge < -0.3 is 19.5 Å². The molecule has 5 heteroatoms. The van der Waals surface area contributed by atoms with Crippen LogP contribution in [0.1, 0.15) is 69.1 Å². The first-order chi connectivity index (χ1) is 17.7. The maximum Gasteiger partial charge on any atom is 0.410 e. The Morgan fingerprint density at radius 1 is 0.892 bits per heavy atom. The number of hydrogen-bond acceptors (Lipinski definition) is 4.